The van der Waals surface area contributed by atoms with Gasteiger partial charge in [-0.05, 0) is 51.2 Å². The fourth-order valence-electron chi connectivity index (χ4n) is 6.51. The van der Waals surface area contributed by atoms with E-state index in [4.69, 9.17) is 15.0 Å². The summed E-state index contributed by atoms with van der Waals surface area (Å²) in [5.74, 6) is 1.96. The molecule has 9 rings (SSSR count). The van der Waals surface area contributed by atoms with Crippen LogP contribution in [0.3, 0.4) is 0 Å². The van der Waals surface area contributed by atoms with E-state index in [1.165, 1.54) is 42.2 Å². The van der Waals surface area contributed by atoms with Crippen molar-refractivity contribution in [2.45, 2.75) is 0 Å². The van der Waals surface area contributed by atoms with Gasteiger partial charge < -0.3 is 0 Å². The summed E-state index contributed by atoms with van der Waals surface area (Å²) < 4.78 is 2.60. The lowest BCUT2D eigenvalue weighted by molar-refractivity contribution is 1.08. The summed E-state index contributed by atoms with van der Waals surface area (Å²) in [6.45, 7) is 0. The minimum Gasteiger partial charge on any atom is -0.208 e. The van der Waals surface area contributed by atoms with Crippen LogP contribution in [-0.4, -0.2) is 15.0 Å². The summed E-state index contributed by atoms with van der Waals surface area (Å²) in [6.07, 6.45) is 0. The van der Waals surface area contributed by atoms with Crippen molar-refractivity contribution in [2.75, 3.05) is 0 Å². The summed E-state index contributed by atoms with van der Waals surface area (Å²) in [4.78, 5) is 15.2. The van der Waals surface area contributed by atoms with E-state index < -0.39 is 0 Å². The molecule has 0 radical (unpaired) electrons. The van der Waals surface area contributed by atoms with Crippen LogP contribution < -0.4 is 0 Å². The van der Waals surface area contributed by atoms with Gasteiger partial charge in [0.15, 0.2) is 17.5 Å². The average Bonchev–Trinajstić information content (AvgIpc) is 3.54. The lowest BCUT2D eigenvalue weighted by Gasteiger charge is -2.14. The van der Waals surface area contributed by atoms with E-state index in [-0.39, 0.29) is 0 Å². The molecule has 0 aliphatic rings. The van der Waals surface area contributed by atoms with Gasteiger partial charge in [-0.1, -0.05) is 146 Å². The second kappa shape index (κ2) is 11.4. The maximum absolute atomic E-state index is 5.12. The molecule has 0 amide bonds. The van der Waals surface area contributed by atoms with E-state index in [1.54, 1.807) is 0 Å². The van der Waals surface area contributed by atoms with Crippen LogP contribution in [0.15, 0.2) is 164 Å². The molecule has 0 aliphatic carbocycles. The molecule has 47 heavy (non-hydrogen) atoms. The van der Waals surface area contributed by atoms with Crippen LogP contribution in [-0.2, 0) is 0 Å². The number of hydrogen-bond acceptors (Lipinski definition) is 4. The largest absolute Gasteiger partial charge is 0.208 e. The Morgan fingerprint density at radius 3 is 1.51 bits per heavy atom. The molecule has 7 aromatic carbocycles. The molecule has 4 heteroatoms. The van der Waals surface area contributed by atoms with Crippen LogP contribution in [0, 0.1) is 0 Å². The number of thiophene rings is 1. The second-order valence-electron chi connectivity index (χ2n) is 11.6. The molecule has 0 atom stereocenters. The van der Waals surface area contributed by atoms with Gasteiger partial charge in [-0.3, -0.25) is 0 Å². The van der Waals surface area contributed by atoms with E-state index >= 15 is 0 Å². The van der Waals surface area contributed by atoms with Crippen molar-refractivity contribution in [1.29, 1.82) is 0 Å². The zero-order valence-electron chi connectivity index (χ0n) is 25.3. The third-order valence-corrected chi connectivity index (χ3v) is 9.91. The van der Waals surface area contributed by atoms with Crippen molar-refractivity contribution in [3.8, 4) is 56.4 Å². The fraction of sp³-hybridized carbons (Fsp3) is 0. The third kappa shape index (κ3) is 4.87. The zero-order valence-corrected chi connectivity index (χ0v) is 26.2. The minimum atomic E-state index is 0.649. The van der Waals surface area contributed by atoms with Crippen LogP contribution in [0.5, 0.6) is 0 Å². The molecular weight excluding hydrogens is 591 g/mol. The molecule has 3 nitrogen and oxygen atoms in total. The molecule has 0 aliphatic heterocycles. The summed E-state index contributed by atoms with van der Waals surface area (Å²) in [7, 11) is 0. The Balaban J connectivity index is 1.23. The van der Waals surface area contributed by atoms with E-state index in [2.05, 4.69) is 140 Å². The highest BCUT2D eigenvalue weighted by atomic mass is 32.1. The predicted octanol–water partition coefficient (Wildman–Crippen LogP) is 11.7. The molecule has 2 aromatic heterocycles. The van der Waals surface area contributed by atoms with E-state index in [1.807, 2.05) is 35.6 Å². The quantitative estimate of drug-likeness (QED) is 0.193. The van der Waals surface area contributed by atoms with E-state index in [0.717, 1.165) is 27.6 Å². The highest BCUT2D eigenvalue weighted by Crippen LogP contribution is 2.43. The van der Waals surface area contributed by atoms with Gasteiger partial charge in [0.2, 0.25) is 0 Å². The molecule has 9 aromatic rings. The Labute approximate surface area is 276 Å². The summed E-state index contributed by atoms with van der Waals surface area (Å²) in [6, 6.07) is 57.4. The van der Waals surface area contributed by atoms with Gasteiger partial charge >= 0.3 is 0 Å². The van der Waals surface area contributed by atoms with Crippen LogP contribution in [0.1, 0.15) is 0 Å². The summed E-state index contributed by atoms with van der Waals surface area (Å²) >= 11 is 1.85. The number of fused-ring (bicyclic) bond motifs is 4. The number of aromatic nitrogens is 3. The first-order valence-electron chi connectivity index (χ1n) is 15.7. The Hall–Kier alpha value is -5.97. The van der Waals surface area contributed by atoms with Crippen molar-refractivity contribution in [1.82, 2.24) is 15.0 Å². The molecule has 0 fully saturated rings. The van der Waals surface area contributed by atoms with E-state index in [9.17, 15) is 0 Å². The van der Waals surface area contributed by atoms with E-state index in [0.29, 0.717) is 17.5 Å². The molecule has 0 bridgehead atoms. The summed E-state index contributed by atoms with van der Waals surface area (Å²) in [5, 5.41) is 4.88. The first-order chi connectivity index (χ1) is 23.3. The second-order valence-corrected chi connectivity index (χ2v) is 12.7. The Kier molecular flexibility index (Phi) is 6.65. The number of benzene rings is 7. The van der Waals surface area contributed by atoms with Crippen LogP contribution >= 0.6 is 11.3 Å². The monoisotopic (exact) mass is 617 g/mol. The lowest BCUT2D eigenvalue weighted by atomic mass is 9.92. The first-order valence-corrected chi connectivity index (χ1v) is 16.5. The standard InChI is InChI=1S/C43H27N3S/c1-3-12-28(13-4-1)29-22-24-31(25-23-29)42-44-41(30-14-5-2-6-15-30)45-43(46-42)36-27-26-34(32-16-7-8-17-33(32)36)35-19-11-21-39-40(35)37-18-9-10-20-38(37)47-39/h1-27H. The third-order valence-electron chi connectivity index (χ3n) is 8.78. The van der Waals surface area contributed by atoms with Crippen molar-refractivity contribution in [3.63, 3.8) is 0 Å². The normalized spacial score (nSPS) is 11.4. The number of rotatable bonds is 5. The molecule has 2 heterocycles. The van der Waals surface area contributed by atoms with Crippen molar-refractivity contribution in [2.24, 2.45) is 0 Å². The number of nitrogens with zero attached hydrogens (tertiary/aromatic N) is 3. The Morgan fingerprint density at radius 2 is 0.787 bits per heavy atom. The van der Waals surface area contributed by atoms with Gasteiger partial charge in [0.1, 0.15) is 0 Å². The van der Waals surface area contributed by atoms with Gasteiger partial charge in [-0.2, -0.15) is 0 Å². The summed E-state index contributed by atoms with van der Waals surface area (Å²) in [5.41, 5.74) is 7.65. The van der Waals surface area contributed by atoms with Gasteiger partial charge in [-0.25, -0.2) is 15.0 Å². The van der Waals surface area contributed by atoms with Crippen molar-refractivity contribution >= 4 is 42.3 Å². The van der Waals surface area contributed by atoms with Crippen LogP contribution in [0.4, 0.5) is 0 Å². The molecule has 0 saturated carbocycles. The highest BCUT2D eigenvalue weighted by Gasteiger charge is 2.18. The Morgan fingerprint density at radius 1 is 0.298 bits per heavy atom. The molecule has 0 spiro atoms. The number of hydrogen-bond donors (Lipinski definition) is 0. The minimum absolute atomic E-state index is 0.649. The van der Waals surface area contributed by atoms with Gasteiger partial charge in [0.25, 0.3) is 0 Å². The van der Waals surface area contributed by atoms with Crippen molar-refractivity contribution < 1.29 is 0 Å². The lowest BCUT2D eigenvalue weighted by Crippen LogP contribution is -2.00. The molecule has 0 saturated heterocycles. The van der Waals surface area contributed by atoms with Gasteiger partial charge in [-0.15, -0.1) is 11.3 Å². The van der Waals surface area contributed by atoms with Crippen molar-refractivity contribution in [3.05, 3.63) is 164 Å². The van der Waals surface area contributed by atoms with Gasteiger partial charge in [0.05, 0.1) is 0 Å². The highest BCUT2D eigenvalue weighted by molar-refractivity contribution is 7.25. The average molecular weight is 618 g/mol. The fourth-order valence-corrected chi connectivity index (χ4v) is 7.64. The molecular formula is C43H27N3S. The molecule has 220 valence electrons. The maximum atomic E-state index is 5.12. The smallest absolute Gasteiger partial charge is 0.164 e. The zero-order chi connectivity index (χ0) is 31.2. The predicted molar refractivity (Wildman–Crippen MR) is 197 cm³/mol. The molecule has 0 N–H and O–H groups in total. The topological polar surface area (TPSA) is 38.7 Å². The van der Waals surface area contributed by atoms with Crippen LogP contribution in [0.2, 0.25) is 0 Å². The maximum Gasteiger partial charge on any atom is 0.164 e. The first kappa shape index (κ1) is 27.3. The SMILES string of the molecule is c1ccc(-c2ccc(-c3nc(-c4ccccc4)nc(-c4ccc(-c5cccc6sc7ccccc7c56)c5ccccc45)n3)cc2)cc1. The van der Waals surface area contributed by atoms with Gasteiger partial charge in [0, 0.05) is 36.9 Å². The molecule has 0 unspecified atom stereocenters. The van der Waals surface area contributed by atoms with Crippen LogP contribution in [0.25, 0.3) is 87.4 Å². The Bertz CT molecular complexity index is 2550.